The van der Waals surface area contributed by atoms with Gasteiger partial charge in [0, 0.05) is 10.9 Å². The van der Waals surface area contributed by atoms with Crippen molar-refractivity contribution in [2.24, 2.45) is 0 Å². The number of hydrogen-bond acceptors (Lipinski definition) is 7. The molecular formula is C21H22N2O5S. The first kappa shape index (κ1) is 20.7. The fraction of sp³-hybridized carbons (Fsp3) is 0.381. The van der Waals surface area contributed by atoms with Crippen LogP contribution < -0.4 is 10.1 Å². The molecule has 1 heterocycles. The molecule has 1 aliphatic carbocycles. The first-order valence-electron chi connectivity index (χ1n) is 9.38. The van der Waals surface area contributed by atoms with Crippen LogP contribution in [0.3, 0.4) is 0 Å². The van der Waals surface area contributed by atoms with Gasteiger partial charge in [0.2, 0.25) is 0 Å². The van der Waals surface area contributed by atoms with Crippen molar-refractivity contribution < 1.29 is 24.2 Å². The van der Waals surface area contributed by atoms with Crippen LogP contribution in [0.15, 0.2) is 18.2 Å². The second-order valence-electron chi connectivity index (χ2n) is 6.80. The smallest absolute Gasteiger partial charge is 0.342 e. The van der Waals surface area contributed by atoms with E-state index in [0.29, 0.717) is 16.3 Å². The first-order valence-corrected chi connectivity index (χ1v) is 10.2. The fourth-order valence-corrected chi connectivity index (χ4v) is 4.49. The lowest BCUT2D eigenvalue weighted by Gasteiger charge is -2.14. The number of fused-ring (bicyclic) bond motifs is 1. The zero-order chi connectivity index (χ0) is 21.0. The number of carbonyl (C=O) groups excluding carboxylic acids is 2. The van der Waals surface area contributed by atoms with E-state index in [2.05, 4.69) is 11.4 Å². The first-order chi connectivity index (χ1) is 13.9. The zero-order valence-corrected chi connectivity index (χ0v) is 17.1. The Bertz CT molecular complexity index is 976. The molecular weight excluding hydrogens is 392 g/mol. The SMILES string of the molecule is COc1ccc(C(=O)O[C@@H](C)C(=O)Nc2sc3c(c2C#N)CCCCC3)c(O)c1. The van der Waals surface area contributed by atoms with Crippen molar-refractivity contribution in [1.29, 1.82) is 5.26 Å². The van der Waals surface area contributed by atoms with Gasteiger partial charge in [-0.15, -0.1) is 11.3 Å². The highest BCUT2D eigenvalue weighted by Crippen LogP contribution is 2.37. The highest BCUT2D eigenvalue weighted by Gasteiger charge is 2.25. The van der Waals surface area contributed by atoms with Gasteiger partial charge in [-0.05, 0) is 50.3 Å². The molecule has 29 heavy (non-hydrogen) atoms. The minimum Gasteiger partial charge on any atom is -0.507 e. The maximum absolute atomic E-state index is 12.5. The summed E-state index contributed by atoms with van der Waals surface area (Å²) in [4.78, 5) is 26.0. The number of amides is 1. The average Bonchev–Trinajstić information content (AvgIpc) is 2.86. The van der Waals surface area contributed by atoms with E-state index >= 15 is 0 Å². The summed E-state index contributed by atoms with van der Waals surface area (Å²) in [5, 5.41) is 22.7. The topological polar surface area (TPSA) is 109 Å². The molecule has 0 aliphatic heterocycles. The van der Waals surface area contributed by atoms with Crippen LogP contribution in [0, 0.1) is 11.3 Å². The number of nitriles is 1. The van der Waals surface area contributed by atoms with E-state index in [1.807, 2.05) is 0 Å². The highest BCUT2D eigenvalue weighted by molar-refractivity contribution is 7.16. The summed E-state index contributed by atoms with van der Waals surface area (Å²) in [5.41, 5.74) is 1.47. The van der Waals surface area contributed by atoms with Gasteiger partial charge in [0.25, 0.3) is 5.91 Å². The van der Waals surface area contributed by atoms with E-state index in [1.165, 1.54) is 43.6 Å². The number of aromatic hydroxyl groups is 1. The van der Waals surface area contributed by atoms with Crippen LogP contribution in [0.5, 0.6) is 11.5 Å². The average molecular weight is 414 g/mol. The number of thiophene rings is 1. The lowest BCUT2D eigenvalue weighted by atomic mass is 10.1. The summed E-state index contributed by atoms with van der Waals surface area (Å²) in [6.07, 6.45) is 3.89. The largest absolute Gasteiger partial charge is 0.507 e. The van der Waals surface area contributed by atoms with Crippen molar-refractivity contribution in [2.45, 2.75) is 45.1 Å². The Morgan fingerprint density at radius 2 is 2.03 bits per heavy atom. The van der Waals surface area contributed by atoms with Gasteiger partial charge in [0.1, 0.15) is 28.1 Å². The van der Waals surface area contributed by atoms with Crippen LogP contribution >= 0.6 is 11.3 Å². The molecule has 1 aromatic carbocycles. The van der Waals surface area contributed by atoms with Gasteiger partial charge < -0.3 is 19.9 Å². The summed E-state index contributed by atoms with van der Waals surface area (Å²) in [7, 11) is 1.44. The van der Waals surface area contributed by atoms with Crippen LogP contribution in [0.4, 0.5) is 5.00 Å². The second-order valence-corrected chi connectivity index (χ2v) is 7.91. The molecule has 8 heteroatoms. The molecule has 3 rings (SSSR count). The zero-order valence-electron chi connectivity index (χ0n) is 16.3. The summed E-state index contributed by atoms with van der Waals surface area (Å²) < 4.78 is 10.2. The fourth-order valence-electron chi connectivity index (χ4n) is 3.25. The quantitative estimate of drug-likeness (QED) is 0.569. The number of carbonyl (C=O) groups is 2. The number of phenolic OH excluding ortho intramolecular Hbond substituents is 1. The number of anilines is 1. The number of nitrogens with zero attached hydrogens (tertiary/aromatic N) is 1. The van der Waals surface area contributed by atoms with Crippen LogP contribution in [-0.2, 0) is 22.4 Å². The van der Waals surface area contributed by atoms with Gasteiger partial charge >= 0.3 is 5.97 Å². The van der Waals surface area contributed by atoms with E-state index in [4.69, 9.17) is 9.47 Å². The maximum Gasteiger partial charge on any atom is 0.342 e. The molecule has 0 fully saturated rings. The van der Waals surface area contributed by atoms with E-state index in [-0.39, 0.29) is 11.3 Å². The third-order valence-corrected chi connectivity index (χ3v) is 6.05. The summed E-state index contributed by atoms with van der Waals surface area (Å²) in [6, 6.07) is 6.37. The van der Waals surface area contributed by atoms with Gasteiger partial charge in [0.15, 0.2) is 6.10 Å². The van der Waals surface area contributed by atoms with E-state index in [0.717, 1.165) is 42.5 Å². The molecule has 1 amide bonds. The number of methoxy groups -OCH3 is 1. The number of benzene rings is 1. The Morgan fingerprint density at radius 1 is 1.28 bits per heavy atom. The molecule has 2 N–H and O–H groups in total. The molecule has 152 valence electrons. The summed E-state index contributed by atoms with van der Waals surface area (Å²) >= 11 is 1.42. The number of rotatable bonds is 5. The molecule has 7 nitrogen and oxygen atoms in total. The van der Waals surface area contributed by atoms with Crippen molar-refractivity contribution >= 4 is 28.2 Å². The number of ether oxygens (including phenoxy) is 2. The van der Waals surface area contributed by atoms with Gasteiger partial charge in [-0.3, -0.25) is 4.79 Å². The van der Waals surface area contributed by atoms with Gasteiger partial charge in [0.05, 0.1) is 12.7 Å². The van der Waals surface area contributed by atoms with Crippen molar-refractivity contribution in [3.8, 4) is 17.6 Å². The predicted molar refractivity (Wildman–Crippen MR) is 108 cm³/mol. The standard InChI is InChI=1S/C21H22N2O5S/c1-12(28-21(26)15-9-8-13(27-2)10-17(15)24)19(25)23-20-16(11-22)14-6-4-3-5-7-18(14)29-20/h8-10,12,24H,3-7H2,1-2H3,(H,23,25)/t12-/m0/s1. The van der Waals surface area contributed by atoms with Crippen molar-refractivity contribution in [3.63, 3.8) is 0 Å². The van der Waals surface area contributed by atoms with Crippen LogP contribution in [0.1, 0.15) is 52.5 Å². The Balaban J connectivity index is 1.70. The van der Waals surface area contributed by atoms with Crippen molar-refractivity contribution in [2.75, 3.05) is 12.4 Å². The van der Waals surface area contributed by atoms with Crippen LogP contribution in [0.25, 0.3) is 0 Å². The molecule has 0 bridgehead atoms. The highest BCUT2D eigenvalue weighted by atomic mass is 32.1. The molecule has 0 saturated heterocycles. The van der Waals surface area contributed by atoms with Crippen molar-refractivity contribution in [1.82, 2.24) is 0 Å². The van der Waals surface area contributed by atoms with E-state index < -0.39 is 18.0 Å². The molecule has 2 aromatic rings. The predicted octanol–water partition coefficient (Wildman–Crippen LogP) is 3.79. The molecule has 0 unspecified atom stereocenters. The van der Waals surface area contributed by atoms with Crippen LogP contribution in [0.2, 0.25) is 0 Å². The Hall–Kier alpha value is -3.05. The second kappa shape index (κ2) is 8.97. The monoisotopic (exact) mass is 414 g/mol. The normalized spacial score (nSPS) is 14.1. The Morgan fingerprint density at radius 3 is 2.72 bits per heavy atom. The van der Waals surface area contributed by atoms with Gasteiger partial charge in [-0.1, -0.05) is 6.42 Å². The lowest BCUT2D eigenvalue weighted by Crippen LogP contribution is -2.30. The Labute approximate surface area is 172 Å². The number of esters is 1. The molecule has 1 aliphatic rings. The third kappa shape index (κ3) is 4.51. The molecule has 1 atom stereocenters. The molecule has 0 saturated carbocycles. The van der Waals surface area contributed by atoms with E-state index in [1.54, 1.807) is 0 Å². The summed E-state index contributed by atoms with van der Waals surface area (Å²) in [5.74, 6) is -1.25. The number of phenols is 1. The van der Waals surface area contributed by atoms with Crippen LogP contribution in [-0.4, -0.2) is 30.2 Å². The number of hydrogen-bond donors (Lipinski definition) is 2. The van der Waals surface area contributed by atoms with E-state index in [9.17, 15) is 20.0 Å². The summed E-state index contributed by atoms with van der Waals surface area (Å²) in [6.45, 7) is 1.44. The van der Waals surface area contributed by atoms with Gasteiger partial charge in [-0.2, -0.15) is 5.26 Å². The minimum absolute atomic E-state index is 0.0639. The Kier molecular flexibility index (Phi) is 6.39. The minimum atomic E-state index is -1.10. The lowest BCUT2D eigenvalue weighted by molar-refractivity contribution is -0.123. The molecule has 0 radical (unpaired) electrons. The van der Waals surface area contributed by atoms with Crippen molar-refractivity contribution in [3.05, 3.63) is 39.8 Å². The number of aryl methyl sites for hydroxylation is 1. The van der Waals surface area contributed by atoms with Gasteiger partial charge in [-0.25, -0.2) is 4.79 Å². The third-order valence-electron chi connectivity index (χ3n) is 4.85. The molecule has 0 spiro atoms. The maximum atomic E-state index is 12.5. The number of nitrogens with one attached hydrogen (secondary N) is 1. The molecule has 1 aromatic heterocycles.